The number of carbonyl (C=O) groups is 1. The Labute approximate surface area is 95.8 Å². The molecule has 0 atom stereocenters. The summed E-state index contributed by atoms with van der Waals surface area (Å²) in [6.45, 7) is 0. The van der Waals surface area contributed by atoms with Gasteiger partial charge < -0.3 is 11.1 Å². The van der Waals surface area contributed by atoms with Gasteiger partial charge in [0.1, 0.15) is 0 Å². The van der Waals surface area contributed by atoms with Gasteiger partial charge in [-0.25, -0.2) is 0 Å². The number of rotatable bonds is 3. The van der Waals surface area contributed by atoms with Gasteiger partial charge in [0, 0.05) is 6.04 Å². The van der Waals surface area contributed by atoms with Crippen molar-refractivity contribution in [3.8, 4) is 0 Å². The molecule has 0 unspecified atom stereocenters. The van der Waals surface area contributed by atoms with Gasteiger partial charge in [0.15, 0.2) is 0 Å². The van der Waals surface area contributed by atoms with Gasteiger partial charge in [0.05, 0.1) is 10.4 Å². The third-order valence-electron chi connectivity index (χ3n) is 3.80. The van der Waals surface area contributed by atoms with Gasteiger partial charge in [0.2, 0.25) is 5.91 Å². The molecule has 0 spiro atoms. The SMILES string of the molecule is NC(=S)C1(C(=O)NC2CCC2)CCCC1. The fourth-order valence-electron chi connectivity index (χ4n) is 2.44. The van der Waals surface area contributed by atoms with Gasteiger partial charge in [-0.1, -0.05) is 25.1 Å². The van der Waals surface area contributed by atoms with E-state index in [0.29, 0.717) is 11.0 Å². The van der Waals surface area contributed by atoms with Crippen molar-refractivity contribution in [2.24, 2.45) is 11.1 Å². The van der Waals surface area contributed by atoms with Crippen LogP contribution >= 0.6 is 12.2 Å². The van der Waals surface area contributed by atoms with E-state index in [9.17, 15) is 4.79 Å². The highest BCUT2D eigenvalue weighted by molar-refractivity contribution is 7.80. The Kier molecular flexibility index (Phi) is 2.96. The van der Waals surface area contributed by atoms with Crippen LogP contribution in [0, 0.1) is 5.41 Å². The lowest BCUT2D eigenvalue weighted by atomic mass is 9.83. The quantitative estimate of drug-likeness (QED) is 0.717. The molecule has 2 fully saturated rings. The summed E-state index contributed by atoms with van der Waals surface area (Å²) in [5.74, 6) is 0.0807. The summed E-state index contributed by atoms with van der Waals surface area (Å²) in [7, 11) is 0. The highest BCUT2D eigenvalue weighted by Gasteiger charge is 2.44. The number of hydrogen-bond donors (Lipinski definition) is 2. The monoisotopic (exact) mass is 226 g/mol. The van der Waals surface area contributed by atoms with Crippen molar-refractivity contribution in [2.75, 3.05) is 0 Å². The number of carbonyl (C=O) groups excluding carboxylic acids is 1. The van der Waals surface area contributed by atoms with Crippen LogP contribution in [0.1, 0.15) is 44.9 Å². The number of nitrogens with two attached hydrogens (primary N) is 1. The Morgan fingerprint density at radius 3 is 2.27 bits per heavy atom. The number of hydrogen-bond acceptors (Lipinski definition) is 2. The van der Waals surface area contributed by atoms with Crippen molar-refractivity contribution >= 4 is 23.1 Å². The van der Waals surface area contributed by atoms with Gasteiger partial charge in [-0.2, -0.15) is 0 Å². The summed E-state index contributed by atoms with van der Waals surface area (Å²) < 4.78 is 0. The van der Waals surface area contributed by atoms with Crippen LogP contribution in [0.3, 0.4) is 0 Å². The summed E-state index contributed by atoms with van der Waals surface area (Å²) in [5.41, 5.74) is 5.22. The lowest BCUT2D eigenvalue weighted by Gasteiger charge is -2.32. The fourth-order valence-corrected chi connectivity index (χ4v) is 2.74. The molecule has 2 saturated carbocycles. The minimum Gasteiger partial charge on any atom is -0.392 e. The van der Waals surface area contributed by atoms with Gasteiger partial charge in [-0.15, -0.1) is 0 Å². The molecular formula is C11H18N2OS. The Bertz CT molecular complexity index is 280. The predicted octanol–water partition coefficient (Wildman–Crippen LogP) is 1.50. The molecule has 1 amide bonds. The molecule has 3 N–H and O–H groups in total. The molecule has 0 saturated heterocycles. The third-order valence-corrected chi connectivity index (χ3v) is 4.19. The average Bonchev–Trinajstić information content (AvgIpc) is 2.60. The largest absolute Gasteiger partial charge is 0.392 e. The van der Waals surface area contributed by atoms with Crippen LogP contribution in [0.5, 0.6) is 0 Å². The van der Waals surface area contributed by atoms with Crippen LogP contribution in [0.2, 0.25) is 0 Å². The zero-order valence-corrected chi connectivity index (χ0v) is 9.74. The van der Waals surface area contributed by atoms with Gasteiger partial charge in [0.25, 0.3) is 0 Å². The van der Waals surface area contributed by atoms with Crippen molar-refractivity contribution in [3.63, 3.8) is 0 Å². The zero-order valence-electron chi connectivity index (χ0n) is 8.92. The molecule has 0 bridgehead atoms. The molecule has 0 aromatic carbocycles. The second-order valence-electron chi connectivity index (χ2n) is 4.75. The molecule has 0 radical (unpaired) electrons. The average molecular weight is 226 g/mol. The predicted molar refractivity (Wildman–Crippen MR) is 63.5 cm³/mol. The fraction of sp³-hybridized carbons (Fsp3) is 0.818. The summed E-state index contributed by atoms with van der Waals surface area (Å²) in [4.78, 5) is 12.5. The van der Waals surface area contributed by atoms with E-state index >= 15 is 0 Å². The molecular weight excluding hydrogens is 208 g/mol. The van der Waals surface area contributed by atoms with E-state index in [1.807, 2.05) is 0 Å². The molecule has 2 aliphatic carbocycles. The van der Waals surface area contributed by atoms with Crippen molar-refractivity contribution < 1.29 is 4.79 Å². The van der Waals surface area contributed by atoms with Crippen LogP contribution in [0.15, 0.2) is 0 Å². The molecule has 15 heavy (non-hydrogen) atoms. The second kappa shape index (κ2) is 4.08. The number of amides is 1. The molecule has 0 heterocycles. The Morgan fingerprint density at radius 2 is 1.87 bits per heavy atom. The van der Waals surface area contributed by atoms with E-state index in [4.69, 9.17) is 18.0 Å². The molecule has 0 aromatic heterocycles. The molecule has 4 heteroatoms. The highest BCUT2D eigenvalue weighted by atomic mass is 32.1. The molecule has 2 aliphatic rings. The van der Waals surface area contributed by atoms with E-state index in [1.54, 1.807) is 0 Å². The van der Waals surface area contributed by atoms with Crippen LogP contribution in [0.25, 0.3) is 0 Å². The molecule has 2 rings (SSSR count). The standard InChI is InChI=1S/C11H18N2OS/c12-9(15)11(6-1-2-7-11)10(14)13-8-4-3-5-8/h8H,1-7H2,(H2,12,15)(H,13,14). The molecule has 0 aromatic rings. The Hall–Kier alpha value is -0.640. The smallest absolute Gasteiger partial charge is 0.233 e. The van der Waals surface area contributed by atoms with Crippen molar-refractivity contribution in [2.45, 2.75) is 51.0 Å². The number of nitrogens with one attached hydrogen (secondary N) is 1. The maximum Gasteiger partial charge on any atom is 0.233 e. The van der Waals surface area contributed by atoms with Crippen LogP contribution in [-0.4, -0.2) is 16.9 Å². The van der Waals surface area contributed by atoms with E-state index < -0.39 is 5.41 Å². The molecule has 3 nitrogen and oxygen atoms in total. The minimum atomic E-state index is -0.523. The lowest BCUT2D eigenvalue weighted by Crippen LogP contribution is -2.51. The van der Waals surface area contributed by atoms with Crippen molar-refractivity contribution in [1.29, 1.82) is 0 Å². The normalized spacial score (nSPS) is 24.5. The summed E-state index contributed by atoms with van der Waals surface area (Å²) in [5, 5.41) is 3.07. The van der Waals surface area contributed by atoms with Crippen molar-refractivity contribution in [1.82, 2.24) is 5.32 Å². The van der Waals surface area contributed by atoms with E-state index in [2.05, 4.69) is 5.32 Å². The first-order chi connectivity index (χ1) is 7.15. The van der Waals surface area contributed by atoms with E-state index in [1.165, 1.54) is 6.42 Å². The topological polar surface area (TPSA) is 55.1 Å². The number of thiocarbonyl (C=S) groups is 1. The maximum absolute atomic E-state index is 12.1. The van der Waals surface area contributed by atoms with Crippen molar-refractivity contribution in [3.05, 3.63) is 0 Å². The van der Waals surface area contributed by atoms with E-state index in [0.717, 1.165) is 38.5 Å². The summed E-state index contributed by atoms with van der Waals surface area (Å²) >= 11 is 5.07. The second-order valence-corrected chi connectivity index (χ2v) is 5.19. The zero-order chi connectivity index (χ0) is 10.9. The third kappa shape index (κ3) is 1.87. The first-order valence-corrected chi connectivity index (χ1v) is 6.17. The first-order valence-electron chi connectivity index (χ1n) is 5.76. The minimum absolute atomic E-state index is 0.0807. The lowest BCUT2D eigenvalue weighted by molar-refractivity contribution is -0.128. The first kappa shape index (κ1) is 10.9. The Morgan fingerprint density at radius 1 is 1.27 bits per heavy atom. The molecule has 84 valence electrons. The maximum atomic E-state index is 12.1. The Balaban J connectivity index is 2.03. The van der Waals surface area contributed by atoms with Gasteiger partial charge in [-0.3, -0.25) is 4.79 Å². The molecule has 0 aliphatic heterocycles. The van der Waals surface area contributed by atoms with Crippen LogP contribution in [-0.2, 0) is 4.79 Å². The van der Waals surface area contributed by atoms with Gasteiger partial charge in [-0.05, 0) is 32.1 Å². The summed E-state index contributed by atoms with van der Waals surface area (Å²) in [6.07, 6.45) is 7.25. The van der Waals surface area contributed by atoms with Crippen LogP contribution in [0.4, 0.5) is 0 Å². The van der Waals surface area contributed by atoms with E-state index in [-0.39, 0.29) is 5.91 Å². The van der Waals surface area contributed by atoms with Crippen LogP contribution < -0.4 is 11.1 Å². The summed E-state index contributed by atoms with van der Waals surface area (Å²) in [6, 6.07) is 0.379. The highest BCUT2D eigenvalue weighted by Crippen LogP contribution is 2.39. The van der Waals surface area contributed by atoms with Gasteiger partial charge >= 0.3 is 0 Å².